The van der Waals surface area contributed by atoms with Crippen LogP contribution in [0, 0.1) is 0 Å². The second-order valence-electron chi connectivity index (χ2n) is 5.47. The Hall–Kier alpha value is -1.82. The van der Waals surface area contributed by atoms with Crippen LogP contribution in [0.3, 0.4) is 0 Å². The average molecular weight is 304 g/mol. The molecule has 0 radical (unpaired) electrons. The van der Waals surface area contributed by atoms with E-state index in [0.717, 1.165) is 45.9 Å². The van der Waals surface area contributed by atoms with Crippen molar-refractivity contribution in [2.24, 2.45) is 0 Å². The summed E-state index contributed by atoms with van der Waals surface area (Å²) in [6.07, 6.45) is 3.93. The van der Waals surface area contributed by atoms with Gasteiger partial charge in [0.05, 0.1) is 23.4 Å². The van der Waals surface area contributed by atoms with Gasteiger partial charge in [-0.15, -0.1) is 11.3 Å². The Bertz CT molecular complexity index is 680. The first-order valence-corrected chi connectivity index (χ1v) is 8.07. The molecular weight excluding hydrogens is 284 g/mol. The molecule has 0 bridgehead atoms. The van der Waals surface area contributed by atoms with Crippen LogP contribution in [0.1, 0.15) is 29.4 Å². The van der Waals surface area contributed by atoms with Crippen molar-refractivity contribution in [1.82, 2.24) is 9.88 Å². The number of aromatic nitrogens is 1. The highest BCUT2D eigenvalue weighted by molar-refractivity contribution is 7.21. The van der Waals surface area contributed by atoms with Crippen LogP contribution in [0.2, 0.25) is 0 Å². The normalized spacial score (nSPS) is 14.2. The van der Waals surface area contributed by atoms with Crippen LogP contribution in [-0.2, 0) is 0 Å². The molecule has 5 nitrogen and oxygen atoms in total. The van der Waals surface area contributed by atoms with Crippen molar-refractivity contribution >= 4 is 38.8 Å². The predicted octanol–water partition coefficient (Wildman–Crippen LogP) is 2.99. The van der Waals surface area contributed by atoms with E-state index in [0.29, 0.717) is 6.67 Å². The van der Waals surface area contributed by atoms with Gasteiger partial charge in [-0.25, -0.2) is 4.98 Å². The number of thiophene rings is 1. The lowest BCUT2D eigenvalue weighted by molar-refractivity contribution is 0.0761. The van der Waals surface area contributed by atoms with Crippen LogP contribution in [0.5, 0.6) is 0 Å². The maximum Gasteiger partial charge on any atom is 0.267 e. The van der Waals surface area contributed by atoms with E-state index in [9.17, 15) is 4.79 Å². The van der Waals surface area contributed by atoms with Crippen molar-refractivity contribution in [1.29, 1.82) is 0 Å². The second-order valence-corrected chi connectivity index (χ2v) is 6.47. The summed E-state index contributed by atoms with van der Waals surface area (Å²) < 4.78 is 0. The van der Waals surface area contributed by atoms with Crippen LogP contribution in [0.15, 0.2) is 12.3 Å². The summed E-state index contributed by atoms with van der Waals surface area (Å²) in [4.78, 5) is 22.7. The van der Waals surface area contributed by atoms with Crippen LogP contribution in [-0.4, -0.2) is 43.1 Å². The number of carbonyl (C=O) groups is 1. The molecular formula is C15H20N4OS. The number of carbonyl (C=O) groups excluding carboxylic acids is 1. The van der Waals surface area contributed by atoms with Gasteiger partial charge in [0.15, 0.2) is 0 Å². The zero-order valence-corrected chi connectivity index (χ0v) is 13.5. The Morgan fingerprint density at radius 2 is 2.29 bits per heavy atom. The maximum atomic E-state index is 12.6. The highest BCUT2D eigenvalue weighted by atomic mass is 32.1. The van der Waals surface area contributed by atoms with E-state index in [4.69, 9.17) is 0 Å². The molecule has 1 amide bonds. The van der Waals surface area contributed by atoms with Crippen molar-refractivity contribution < 1.29 is 4.79 Å². The first kappa shape index (κ1) is 14.1. The maximum absolute atomic E-state index is 12.6. The summed E-state index contributed by atoms with van der Waals surface area (Å²) in [7, 11) is 4.02. The lowest BCUT2D eigenvalue weighted by atomic mass is 10.2. The molecule has 0 unspecified atom stereocenters. The van der Waals surface area contributed by atoms with E-state index in [1.165, 1.54) is 11.3 Å². The number of hydrogen-bond donors (Lipinski definition) is 1. The summed E-state index contributed by atoms with van der Waals surface area (Å²) in [6, 6.07) is 1.99. The summed E-state index contributed by atoms with van der Waals surface area (Å²) in [6.45, 7) is 3.53. The molecule has 3 rings (SSSR count). The van der Waals surface area contributed by atoms with Gasteiger partial charge in [-0.2, -0.15) is 0 Å². The molecule has 21 heavy (non-hydrogen) atoms. The van der Waals surface area contributed by atoms with E-state index >= 15 is 0 Å². The fraction of sp³-hybridized carbons (Fsp3) is 0.467. The lowest BCUT2D eigenvalue weighted by Gasteiger charge is -2.28. The van der Waals surface area contributed by atoms with Crippen molar-refractivity contribution in [3.63, 3.8) is 0 Å². The van der Waals surface area contributed by atoms with Crippen LogP contribution in [0.4, 0.5) is 11.4 Å². The Labute approximate surface area is 128 Å². The molecule has 0 saturated heterocycles. The molecule has 2 aromatic heterocycles. The van der Waals surface area contributed by atoms with Gasteiger partial charge in [0, 0.05) is 26.8 Å². The minimum Gasteiger partial charge on any atom is -0.377 e. The van der Waals surface area contributed by atoms with Gasteiger partial charge in [-0.3, -0.25) is 4.79 Å². The number of amides is 1. The largest absolute Gasteiger partial charge is 0.377 e. The number of hydrogen-bond acceptors (Lipinski definition) is 5. The molecule has 3 heterocycles. The molecule has 1 aliphatic rings. The van der Waals surface area contributed by atoms with E-state index < -0.39 is 0 Å². The molecule has 0 atom stereocenters. The smallest absolute Gasteiger partial charge is 0.267 e. The summed E-state index contributed by atoms with van der Waals surface area (Å²) in [5.74, 6) is 0.130. The van der Waals surface area contributed by atoms with E-state index in [1.54, 1.807) is 6.20 Å². The Balaban J connectivity index is 2.06. The van der Waals surface area contributed by atoms with Gasteiger partial charge in [0.1, 0.15) is 9.71 Å². The number of pyridine rings is 1. The molecule has 0 aliphatic carbocycles. The number of unbranched alkanes of at least 4 members (excludes halogenated alkanes) is 1. The summed E-state index contributed by atoms with van der Waals surface area (Å²) in [5, 5.41) is 4.48. The number of anilines is 2. The molecule has 1 aliphatic heterocycles. The van der Waals surface area contributed by atoms with Crippen molar-refractivity contribution in [2.45, 2.75) is 19.8 Å². The van der Waals surface area contributed by atoms with Crippen LogP contribution >= 0.6 is 11.3 Å². The van der Waals surface area contributed by atoms with Crippen molar-refractivity contribution in [3.8, 4) is 0 Å². The van der Waals surface area contributed by atoms with Gasteiger partial charge in [0.2, 0.25) is 0 Å². The average Bonchev–Trinajstić information content (AvgIpc) is 2.86. The first-order valence-electron chi connectivity index (χ1n) is 7.25. The van der Waals surface area contributed by atoms with Gasteiger partial charge >= 0.3 is 0 Å². The third-order valence-electron chi connectivity index (χ3n) is 3.76. The van der Waals surface area contributed by atoms with Crippen LogP contribution < -0.4 is 10.2 Å². The minimum atomic E-state index is 0.130. The summed E-state index contributed by atoms with van der Waals surface area (Å²) >= 11 is 1.49. The molecule has 2 aromatic rings. The minimum absolute atomic E-state index is 0.130. The Kier molecular flexibility index (Phi) is 3.71. The molecule has 0 saturated carbocycles. The number of nitrogens with one attached hydrogen (secondary N) is 1. The lowest BCUT2D eigenvalue weighted by Crippen LogP contribution is -2.39. The highest BCUT2D eigenvalue weighted by Crippen LogP contribution is 2.41. The topological polar surface area (TPSA) is 48.5 Å². The quantitative estimate of drug-likeness (QED) is 0.943. The zero-order chi connectivity index (χ0) is 15.0. The standard InChI is InChI=1S/C15H20N4OS/c1-4-5-8-19-9-17-12-11-10(18(2)3)6-7-16-14(11)21-13(12)15(19)20/h6-7,17H,4-5,8-9H2,1-3H3. The van der Waals surface area contributed by atoms with Gasteiger partial charge in [0.25, 0.3) is 5.91 Å². The predicted molar refractivity (Wildman–Crippen MR) is 88.4 cm³/mol. The Morgan fingerprint density at radius 3 is 3.00 bits per heavy atom. The molecule has 1 N–H and O–H groups in total. The molecule has 112 valence electrons. The number of nitrogens with zero attached hydrogens (tertiary/aromatic N) is 3. The highest BCUT2D eigenvalue weighted by Gasteiger charge is 2.29. The fourth-order valence-corrected chi connectivity index (χ4v) is 3.73. The molecule has 0 aromatic carbocycles. The fourth-order valence-electron chi connectivity index (χ4n) is 2.62. The van der Waals surface area contributed by atoms with Gasteiger partial charge in [-0.05, 0) is 12.5 Å². The van der Waals surface area contributed by atoms with Gasteiger partial charge in [-0.1, -0.05) is 13.3 Å². The Morgan fingerprint density at radius 1 is 1.48 bits per heavy atom. The summed E-state index contributed by atoms with van der Waals surface area (Å²) in [5.41, 5.74) is 2.05. The number of fused-ring (bicyclic) bond motifs is 3. The SMILES string of the molecule is CCCCN1CNc2c(sc3nccc(N(C)C)c23)C1=O. The molecule has 6 heteroatoms. The molecule has 0 spiro atoms. The third-order valence-corrected chi connectivity index (χ3v) is 4.85. The number of rotatable bonds is 4. The second kappa shape index (κ2) is 5.52. The third kappa shape index (κ3) is 2.33. The van der Waals surface area contributed by atoms with Crippen molar-refractivity contribution in [2.75, 3.05) is 37.5 Å². The first-order chi connectivity index (χ1) is 10.1. The molecule has 0 fully saturated rings. The van der Waals surface area contributed by atoms with Crippen molar-refractivity contribution in [3.05, 3.63) is 17.1 Å². The zero-order valence-electron chi connectivity index (χ0n) is 12.6. The van der Waals surface area contributed by atoms with E-state index in [-0.39, 0.29) is 5.91 Å². The monoisotopic (exact) mass is 304 g/mol. The van der Waals surface area contributed by atoms with E-state index in [2.05, 4.69) is 22.1 Å². The van der Waals surface area contributed by atoms with Crippen LogP contribution in [0.25, 0.3) is 10.2 Å². The van der Waals surface area contributed by atoms with Gasteiger partial charge < -0.3 is 15.1 Å². The van der Waals surface area contributed by atoms with E-state index in [1.807, 2.05) is 25.1 Å².